The van der Waals surface area contributed by atoms with Crippen molar-refractivity contribution >= 4 is 35.9 Å². The first-order chi connectivity index (χ1) is 16.8. The summed E-state index contributed by atoms with van der Waals surface area (Å²) in [5.41, 5.74) is 1.20. The van der Waals surface area contributed by atoms with Gasteiger partial charge in [0.05, 0.1) is 19.1 Å². The molecule has 1 atom stereocenters. The number of ketones is 1. The summed E-state index contributed by atoms with van der Waals surface area (Å²) < 4.78 is 40.2. The number of rotatable bonds is 8. The Hall–Kier alpha value is -2.36. The van der Waals surface area contributed by atoms with Gasteiger partial charge in [-0.1, -0.05) is 48.8 Å². The average molecular weight is 581 g/mol. The minimum absolute atomic E-state index is 0.0410. The lowest BCUT2D eigenvalue weighted by Gasteiger charge is -2.36. The molecule has 0 spiro atoms. The zero-order chi connectivity index (χ0) is 26.7. The lowest BCUT2D eigenvalue weighted by atomic mass is 9.96. The van der Waals surface area contributed by atoms with Gasteiger partial charge in [0.2, 0.25) is 5.91 Å². The molecule has 5 nitrogen and oxygen atoms in total. The molecule has 9 heteroatoms. The van der Waals surface area contributed by atoms with Gasteiger partial charge in [-0.25, -0.2) is 8.78 Å². The Morgan fingerprint density at radius 2 is 1.81 bits per heavy atom. The second-order valence-corrected chi connectivity index (χ2v) is 16.0. The highest BCUT2D eigenvalue weighted by Crippen LogP contribution is 2.36. The third kappa shape index (κ3) is 6.89. The molecular weight excluding hydrogens is 548 g/mol. The number of nitrogens with zero attached hydrogens (tertiary/aromatic N) is 1. The molecule has 0 radical (unpaired) electrons. The molecule has 0 saturated heterocycles. The zero-order valence-corrected chi connectivity index (χ0v) is 23.8. The van der Waals surface area contributed by atoms with E-state index >= 15 is 0 Å². The van der Waals surface area contributed by atoms with E-state index in [4.69, 9.17) is 9.16 Å². The minimum Gasteiger partial charge on any atom is -0.488 e. The van der Waals surface area contributed by atoms with E-state index in [1.807, 2.05) is 0 Å². The summed E-state index contributed by atoms with van der Waals surface area (Å²) in [6.45, 7) is 11.2. The summed E-state index contributed by atoms with van der Waals surface area (Å²) in [5, 5.41) is 0.0582. The molecule has 1 aliphatic rings. The predicted molar refractivity (Wildman–Crippen MR) is 141 cm³/mol. The Bertz CT molecular complexity index is 1150. The van der Waals surface area contributed by atoms with E-state index in [1.54, 1.807) is 12.1 Å². The van der Waals surface area contributed by atoms with Crippen molar-refractivity contribution < 1.29 is 27.5 Å². The summed E-state index contributed by atoms with van der Waals surface area (Å²) in [6, 6.07) is 7.98. The van der Waals surface area contributed by atoms with Crippen LogP contribution in [0.3, 0.4) is 0 Å². The van der Waals surface area contributed by atoms with Crippen molar-refractivity contribution in [3.63, 3.8) is 0 Å². The second kappa shape index (κ2) is 11.4. The van der Waals surface area contributed by atoms with Crippen molar-refractivity contribution in [3.05, 3.63) is 75.9 Å². The van der Waals surface area contributed by atoms with Gasteiger partial charge in [-0.15, -0.1) is 0 Å². The van der Waals surface area contributed by atoms with Crippen LogP contribution in [0.15, 0.2) is 53.1 Å². The summed E-state index contributed by atoms with van der Waals surface area (Å²) in [7, 11) is -1.94. The second-order valence-electron chi connectivity index (χ2n) is 10.4. The maximum absolute atomic E-state index is 14.6. The molecule has 1 heterocycles. The van der Waals surface area contributed by atoms with E-state index in [-0.39, 0.29) is 41.9 Å². The summed E-state index contributed by atoms with van der Waals surface area (Å²) in [6.07, 6.45) is 2.86. The highest BCUT2D eigenvalue weighted by atomic mass is 79.9. The fraction of sp³-hybridized carbons (Fsp3) is 0.407. The fourth-order valence-corrected chi connectivity index (χ4v) is 5.06. The molecule has 3 rings (SSSR count). The zero-order valence-electron chi connectivity index (χ0n) is 21.2. The Balaban J connectivity index is 1.72. The number of hydrogen-bond acceptors (Lipinski definition) is 4. The quantitative estimate of drug-likeness (QED) is 0.257. The van der Waals surface area contributed by atoms with Gasteiger partial charge in [0.25, 0.3) is 0 Å². The van der Waals surface area contributed by atoms with E-state index in [2.05, 4.69) is 49.8 Å². The van der Waals surface area contributed by atoms with E-state index in [1.165, 1.54) is 41.4 Å². The van der Waals surface area contributed by atoms with E-state index < -0.39 is 26.0 Å². The predicted octanol–water partition coefficient (Wildman–Crippen LogP) is 6.73. The number of carbonyl (C=O) groups excluding carboxylic acids is 2. The van der Waals surface area contributed by atoms with Crippen LogP contribution in [-0.2, 0) is 20.4 Å². The number of allylic oxidation sites excluding steroid dienone is 1. The topological polar surface area (TPSA) is 55.8 Å². The molecular formula is C27H32BrF2NO4Si. The normalized spacial score (nSPS) is 16.4. The Labute approximate surface area is 220 Å². The summed E-state index contributed by atoms with van der Waals surface area (Å²) in [5.74, 6) is -1.30. The van der Waals surface area contributed by atoms with Crippen molar-refractivity contribution in [1.82, 2.24) is 4.90 Å². The van der Waals surface area contributed by atoms with Gasteiger partial charge in [0.1, 0.15) is 12.4 Å². The molecule has 0 saturated carbocycles. The number of amides is 1. The van der Waals surface area contributed by atoms with Crippen LogP contribution in [0.5, 0.6) is 5.75 Å². The molecule has 2 aromatic rings. The van der Waals surface area contributed by atoms with Crippen molar-refractivity contribution in [1.29, 1.82) is 0 Å². The van der Waals surface area contributed by atoms with Gasteiger partial charge in [-0.2, -0.15) is 0 Å². The first kappa shape index (κ1) is 28.2. The third-order valence-electron chi connectivity index (χ3n) is 6.75. The molecule has 0 fully saturated rings. The Morgan fingerprint density at radius 1 is 1.14 bits per heavy atom. The Kier molecular flexibility index (Phi) is 8.90. The fourth-order valence-electron chi connectivity index (χ4n) is 3.58. The molecule has 0 bridgehead atoms. The summed E-state index contributed by atoms with van der Waals surface area (Å²) in [4.78, 5) is 26.8. The van der Waals surface area contributed by atoms with E-state index in [9.17, 15) is 18.4 Å². The van der Waals surface area contributed by atoms with Crippen molar-refractivity contribution in [2.24, 2.45) is 0 Å². The monoisotopic (exact) mass is 579 g/mol. The SMILES string of the molecule is CC(C)(C)[Si](C)(C)OCCOc1cc(CC(=O)N2C=CC(=O)C[C@H]2c2ccc(F)cc2)c(Br)cc1F. The van der Waals surface area contributed by atoms with Gasteiger partial charge >= 0.3 is 0 Å². The average Bonchev–Trinajstić information content (AvgIpc) is 2.79. The van der Waals surface area contributed by atoms with Crippen LogP contribution in [0.2, 0.25) is 18.1 Å². The number of benzene rings is 2. The van der Waals surface area contributed by atoms with Crippen molar-refractivity contribution in [2.45, 2.75) is 57.8 Å². The molecule has 2 aromatic carbocycles. The highest BCUT2D eigenvalue weighted by Gasteiger charge is 2.37. The van der Waals surface area contributed by atoms with Crippen molar-refractivity contribution in [3.8, 4) is 5.75 Å². The number of carbonyl (C=O) groups is 2. The molecule has 0 unspecified atom stereocenters. The largest absolute Gasteiger partial charge is 0.488 e. The van der Waals surface area contributed by atoms with Gasteiger partial charge in [-0.3, -0.25) is 9.59 Å². The number of halogens is 3. The van der Waals surface area contributed by atoms with Crippen LogP contribution in [0, 0.1) is 11.6 Å². The van der Waals surface area contributed by atoms with E-state index in [0.29, 0.717) is 22.2 Å². The molecule has 0 N–H and O–H groups in total. The minimum atomic E-state index is -1.94. The van der Waals surface area contributed by atoms with Gasteiger partial charge in [0, 0.05) is 17.1 Å². The highest BCUT2D eigenvalue weighted by molar-refractivity contribution is 9.10. The van der Waals surface area contributed by atoms with Gasteiger partial charge in [-0.05, 0) is 59.6 Å². The lowest BCUT2D eigenvalue weighted by Crippen LogP contribution is -2.41. The van der Waals surface area contributed by atoms with Crippen LogP contribution in [0.25, 0.3) is 0 Å². The van der Waals surface area contributed by atoms with Crippen LogP contribution >= 0.6 is 15.9 Å². The molecule has 194 valence electrons. The van der Waals surface area contributed by atoms with Crippen LogP contribution in [0.4, 0.5) is 8.78 Å². The number of hydrogen-bond donors (Lipinski definition) is 0. The first-order valence-electron chi connectivity index (χ1n) is 11.8. The number of ether oxygens (including phenoxy) is 1. The first-order valence-corrected chi connectivity index (χ1v) is 15.5. The van der Waals surface area contributed by atoms with Crippen molar-refractivity contribution in [2.75, 3.05) is 13.2 Å². The lowest BCUT2D eigenvalue weighted by molar-refractivity contribution is -0.131. The van der Waals surface area contributed by atoms with E-state index in [0.717, 1.165) is 0 Å². The molecule has 1 amide bonds. The maximum atomic E-state index is 14.6. The Morgan fingerprint density at radius 3 is 2.44 bits per heavy atom. The van der Waals surface area contributed by atoms with Crippen LogP contribution in [0.1, 0.15) is 44.4 Å². The van der Waals surface area contributed by atoms with Gasteiger partial charge in [0.15, 0.2) is 25.7 Å². The smallest absolute Gasteiger partial charge is 0.231 e. The third-order valence-corrected chi connectivity index (χ3v) is 12.0. The van der Waals surface area contributed by atoms with Crippen LogP contribution in [-0.4, -0.2) is 38.1 Å². The molecule has 36 heavy (non-hydrogen) atoms. The molecule has 0 aliphatic carbocycles. The maximum Gasteiger partial charge on any atom is 0.231 e. The molecule has 1 aliphatic heterocycles. The summed E-state index contributed by atoms with van der Waals surface area (Å²) >= 11 is 3.34. The van der Waals surface area contributed by atoms with Crippen LogP contribution < -0.4 is 4.74 Å². The van der Waals surface area contributed by atoms with Gasteiger partial charge < -0.3 is 14.1 Å². The molecule has 0 aromatic heterocycles. The standard InChI is InChI=1S/C27H32BrF2NO4Si/c1-27(2,3)36(4,5)35-13-12-34-25-14-19(22(28)17-23(25)30)15-26(33)31-11-10-21(32)16-24(31)18-6-8-20(29)9-7-18/h6-11,14,17,24H,12-13,15-16H2,1-5H3/t24-/m0/s1.